The number of carbonyl (C=O) groups is 1. The monoisotopic (exact) mass is 390 g/mol. The van der Waals surface area contributed by atoms with Crippen LogP contribution in [0, 0.1) is 41.8 Å². The zero-order valence-electron chi connectivity index (χ0n) is 16.4. The van der Waals surface area contributed by atoms with Gasteiger partial charge < -0.3 is 5.32 Å². The summed E-state index contributed by atoms with van der Waals surface area (Å²) in [6, 6.07) is 1.24. The predicted molar refractivity (Wildman–Crippen MR) is 105 cm³/mol. The molecule has 0 saturated heterocycles. The van der Waals surface area contributed by atoms with Crippen molar-refractivity contribution in [2.75, 3.05) is 0 Å². The van der Waals surface area contributed by atoms with Crippen LogP contribution in [0.3, 0.4) is 0 Å². The summed E-state index contributed by atoms with van der Waals surface area (Å²) in [5.74, 6) is 7.20. The summed E-state index contributed by atoms with van der Waals surface area (Å²) in [5, 5.41) is 3.26. The smallest absolute Gasteiger partial charge is 0.253 e. The summed E-state index contributed by atoms with van der Waals surface area (Å²) in [7, 11) is 0. The van der Waals surface area contributed by atoms with Gasteiger partial charge in [-0.05, 0) is 69.3 Å². The van der Waals surface area contributed by atoms with Gasteiger partial charge in [0.2, 0.25) is 0 Å². The quantitative estimate of drug-likeness (QED) is 0.798. The van der Waals surface area contributed by atoms with Gasteiger partial charge in [-0.3, -0.25) is 14.8 Å². The summed E-state index contributed by atoms with van der Waals surface area (Å²) in [4.78, 5) is 25.3. The van der Waals surface area contributed by atoms with E-state index in [1.807, 2.05) is 6.92 Å². The minimum absolute atomic E-state index is 0.0943. The number of rotatable bonds is 2. The standard InChI is InChI=1S/C23H23FN4O/c1-15-10-25-13-20(27-15)2-3-22-6-16-4-17(7-22)9-23(8-16,14-22)28-21(29)18-5-19(24)12-26-11-18/h5,10-13,16-17H,4,6-9,14H2,1H3,(H,28,29). The Hall–Kier alpha value is -2.81. The molecule has 2 aromatic heterocycles. The van der Waals surface area contributed by atoms with E-state index in [0.29, 0.717) is 17.5 Å². The number of pyridine rings is 1. The maximum absolute atomic E-state index is 13.5. The van der Waals surface area contributed by atoms with Crippen molar-refractivity contribution in [3.8, 4) is 11.8 Å². The number of aryl methyl sites for hydroxylation is 1. The van der Waals surface area contributed by atoms with Crippen LogP contribution < -0.4 is 5.32 Å². The lowest BCUT2D eigenvalue weighted by atomic mass is 9.47. The average molecular weight is 390 g/mol. The molecule has 4 saturated carbocycles. The van der Waals surface area contributed by atoms with Gasteiger partial charge in [-0.1, -0.05) is 5.92 Å². The molecule has 0 aromatic carbocycles. The number of nitrogens with zero attached hydrogens (tertiary/aromatic N) is 3. The van der Waals surface area contributed by atoms with Crippen LogP contribution in [-0.2, 0) is 0 Å². The topological polar surface area (TPSA) is 67.8 Å². The third-order valence-electron chi connectivity index (χ3n) is 6.62. The van der Waals surface area contributed by atoms with Gasteiger partial charge in [-0.15, -0.1) is 0 Å². The summed E-state index contributed by atoms with van der Waals surface area (Å²) < 4.78 is 13.5. The molecule has 1 amide bonds. The van der Waals surface area contributed by atoms with Crippen molar-refractivity contribution in [2.45, 2.75) is 51.0 Å². The van der Waals surface area contributed by atoms with Crippen molar-refractivity contribution in [1.82, 2.24) is 20.3 Å². The highest BCUT2D eigenvalue weighted by atomic mass is 19.1. The Kier molecular flexibility index (Phi) is 4.16. The molecular formula is C23H23FN4O. The van der Waals surface area contributed by atoms with E-state index in [1.54, 1.807) is 12.4 Å². The Morgan fingerprint density at radius 3 is 2.62 bits per heavy atom. The normalized spacial score (nSPS) is 31.8. The van der Waals surface area contributed by atoms with Gasteiger partial charge in [0.05, 0.1) is 23.7 Å². The van der Waals surface area contributed by atoms with Crippen LogP contribution in [0.2, 0.25) is 0 Å². The molecule has 0 radical (unpaired) electrons. The van der Waals surface area contributed by atoms with E-state index in [2.05, 4.69) is 32.1 Å². The van der Waals surface area contributed by atoms with Crippen LogP contribution in [0.1, 0.15) is 60.3 Å². The van der Waals surface area contributed by atoms with Crippen LogP contribution in [0.4, 0.5) is 4.39 Å². The Morgan fingerprint density at radius 2 is 1.90 bits per heavy atom. The van der Waals surface area contributed by atoms with Crippen LogP contribution in [0.25, 0.3) is 0 Å². The zero-order chi connectivity index (χ0) is 20.1. The fourth-order valence-corrected chi connectivity index (χ4v) is 6.12. The predicted octanol–water partition coefficient (Wildman–Crippen LogP) is 3.44. The van der Waals surface area contributed by atoms with Crippen molar-refractivity contribution in [3.05, 3.63) is 53.6 Å². The molecule has 6 rings (SSSR count). The first-order valence-electron chi connectivity index (χ1n) is 10.2. The van der Waals surface area contributed by atoms with Gasteiger partial charge in [0.15, 0.2) is 0 Å². The van der Waals surface area contributed by atoms with Gasteiger partial charge in [0, 0.05) is 23.3 Å². The van der Waals surface area contributed by atoms with Crippen molar-refractivity contribution in [2.24, 2.45) is 17.3 Å². The van der Waals surface area contributed by atoms with Crippen LogP contribution in [-0.4, -0.2) is 26.4 Å². The van der Waals surface area contributed by atoms with E-state index in [1.165, 1.54) is 18.7 Å². The second kappa shape index (κ2) is 6.62. The lowest BCUT2D eigenvalue weighted by Gasteiger charge is -2.60. The number of amides is 1. The Balaban J connectivity index is 1.42. The lowest BCUT2D eigenvalue weighted by molar-refractivity contribution is -0.0484. The van der Waals surface area contributed by atoms with E-state index < -0.39 is 5.82 Å². The number of hydrogen-bond acceptors (Lipinski definition) is 4. The number of carbonyl (C=O) groups excluding carboxylic acids is 1. The summed E-state index contributed by atoms with van der Waals surface area (Å²) >= 11 is 0. The van der Waals surface area contributed by atoms with Gasteiger partial charge >= 0.3 is 0 Å². The average Bonchev–Trinajstić information content (AvgIpc) is 2.65. The second-order valence-electron chi connectivity index (χ2n) is 9.16. The first kappa shape index (κ1) is 18.2. The Morgan fingerprint density at radius 1 is 1.14 bits per heavy atom. The molecule has 4 fully saturated rings. The summed E-state index contributed by atoms with van der Waals surface area (Å²) in [6.07, 6.45) is 12.1. The van der Waals surface area contributed by atoms with E-state index in [4.69, 9.17) is 0 Å². The molecule has 2 heterocycles. The van der Waals surface area contributed by atoms with Crippen molar-refractivity contribution < 1.29 is 9.18 Å². The molecule has 2 aromatic rings. The van der Waals surface area contributed by atoms with Gasteiger partial charge in [0.25, 0.3) is 5.91 Å². The molecule has 29 heavy (non-hydrogen) atoms. The number of hydrogen-bond donors (Lipinski definition) is 1. The maximum atomic E-state index is 13.5. The zero-order valence-corrected chi connectivity index (χ0v) is 16.4. The molecule has 4 bridgehead atoms. The molecule has 0 spiro atoms. The SMILES string of the molecule is Cc1cncc(C#CC23CC4CC(C2)CC(NC(=O)c2cncc(F)c2)(C4)C3)n1. The Labute approximate surface area is 169 Å². The van der Waals surface area contributed by atoms with Crippen molar-refractivity contribution >= 4 is 5.91 Å². The minimum Gasteiger partial charge on any atom is -0.346 e. The van der Waals surface area contributed by atoms with Crippen LogP contribution >= 0.6 is 0 Å². The largest absolute Gasteiger partial charge is 0.346 e. The van der Waals surface area contributed by atoms with Crippen LogP contribution in [0.5, 0.6) is 0 Å². The Bertz CT molecular complexity index is 1030. The molecule has 4 aliphatic carbocycles. The number of halogens is 1. The molecule has 0 aliphatic heterocycles. The van der Waals surface area contributed by atoms with Gasteiger partial charge in [-0.2, -0.15) is 0 Å². The fraction of sp³-hybridized carbons (Fsp3) is 0.478. The van der Waals surface area contributed by atoms with Gasteiger partial charge in [-0.25, -0.2) is 9.37 Å². The first-order chi connectivity index (χ1) is 13.9. The highest BCUT2D eigenvalue weighted by molar-refractivity contribution is 5.94. The van der Waals surface area contributed by atoms with E-state index >= 15 is 0 Å². The van der Waals surface area contributed by atoms with Crippen molar-refractivity contribution in [3.63, 3.8) is 0 Å². The third-order valence-corrected chi connectivity index (χ3v) is 6.62. The molecule has 6 heteroatoms. The third kappa shape index (κ3) is 3.50. The first-order valence-corrected chi connectivity index (χ1v) is 10.2. The number of aromatic nitrogens is 3. The van der Waals surface area contributed by atoms with Crippen LogP contribution in [0.15, 0.2) is 30.9 Å². The van der Waals surface area contributed by atoms with Gasteiger partial charge in [0.1, 0.15) is 11.5 Å². The molecule has 1 N–H and O–H groups in total. The highest BCUT2D eigenvalue weighted by Crippen LogP contribution is 2.61. The van der Waals surface area contributed by atoms with E-state index in [-0.39, 0.29) is 22.4 Å². The fourth-order valence-electron chi connectivity index (χ4n) is 6.12. The molecule has 2 atom stereocenters. The molecule has 4 aliphatic rings. The molecule has 2 unspecified atom stereocenters. The summed E-state index contributed by atoms with van der Waals surface area (Å²) in [6.45, 7) is 1.91. The van der Waals surface area contributed by atoms with Crippen molar-refractivity contribution in [1.29, 1.82) is 0 Å². The summed E-state index contributed by atoms with van der Waals surface area (Å²) in [5.41, 5.74) is 1.47. The minimum atomic E-state index is -0.496. The lowest BCUT2D eigenvalue weighted by Crippen LogP contribution is -2.62. The maximum Gasteiger partial charge on any atom is 0.253 e. The molecular weight excluding hydrogens is 367 g/mol. The highest BCUT2D eigenvalue weighted by Gasteiger charge is 2.57. The number of nitrogens with one attached hydrogen (secondary N) is 1. The molecule has 5 nitrogen and oxygen atoms in total. The van der Waals surface area contributed by atoms with E-state index in [0.717, 1.165) is 44.0 Å². The van der Waals surface area contributed by atoms with E-state index in [9.17, 15) is 9.18 Å². The molecule has 148 valence electrons. The second-order valence-corrected chi connectivity index (χ2v) is 9.16.